The van der Waals surface area contributed by atoms with Gasteiger partial charge in [0.25, 0.3) is 5.91 Å². The van der Waals surface area contributed by atoms with Gasteiger partial charge in [-0.1, -0.05) is 12.8 Å². The van der Waals surface area contributed by atoms with Crippen LogP contribution >= 0.6 is 0 Å². The van der Waals surface area contributed by atoms with Crippen molar-refractivity contribution in [2.45, 2.75) is 51.7 Å². The molecule has 1 aromatic heterocycles. The molecule has 0 radical (unpaired) electrons. The number of nitrogens with one attached hydrogen (secondary N) is 1. The zero-order valence-electron chi connectivity index (χ0n) is 10.8. The molecule has 1 saturated carbocycles. The maximum Gasteiger partial charge on any atom is 0.253 e. The van der Waals surface area contributed by atoms with Crippen molar-refractivity contribution in [3.8, 4) is 0 Å². The van der Waals surface area contributed by atoms with E-state index in [1.807, 2.05) is 0 Å². The average molecular weight is 249 g/mol. The number of aliphatic hydroxyl groups is 1. The number of hydrogen-bond acceptors (Lipinski definition) is 4. The Bertz CT molecular complexity index is 448. The Morgan fingerprint density at radius 3 is 2.78 bits per heavy atom. The zero-order chi connectivity index (χ0) is 13.1. The summed E-state index contributed by atoms with van der Waals surface area (Å²) in [5.74, 6) is -0.170. The molecule has 0 aromatic carbocycles. The lowest BCUT2D eigenvalue weighted by Crippen LogP contribution is -2.45. The summed E-state index contributed by atoms with van der Waals surface area (Å²) in [6.07, 6.45) is 3.25. The molecule has 18 heavy (non-hydrogen) atoms. The molecule has 2 unspecified atom stereocenters. The van der Waals surface area contributed by atoms with Crippen molar-refractivity contribution in [1.82, 2.24) is 15.5 Å². The highest BCUT2D eigenvalue weighted by Gasteiger charge is 2.25. The van der Waals surface area contributed by atoms with E-state index >= 15 is 0 Å². The molecule has 1 aliphatic carbocycles. The fraction of sp³-hybridized carbons (Fsp3) is 0.615. The normalized spacial score (nSPS) is 23.7. The number of aryl methyl sites for hydroxylation is 2. The molecular formula is C13H19N3O2. The molecular weight excluding hydrogens is 230 g/mol. The van der Waals surface area contributed by atoms with Gasteiger partial charge in [-0.05, 0) is 32.8 Å². The number of aliphatic hydroxyl groups excluding tert-OH is 1. The summed E-state index contributed by atoms with van der Waals surface area (Å²) in [6.45, 7) is 3.57. The van der Waals surface area contributed by atoms with Crippen LogP contribution in [0.2, 0.25) is 0 Å². The molecule has 2 rings (SSSR count). The Labute approximate surface area is 107 Å². The van der Waals surface area contributed by atoms with Gasteiger partial charge in [0.1, 0.15) is 0 Å². The van der Waals surface area contributed by atoms with Crippen LogP contribution in [0.1, 0.15) is 47.4 Å². The van der Waals surface area contributed by atoms with Crippen molar-refractivity contribution in [2.24, 2.45) is 0 Å². The minimum Gasteiger partial charge on any atom is -0.391 e. The molecule has 1 aliphatic rings. The monoisotopic (exact) mass is 249 g/mol. The van der Waals surface area contributed by atoms with Crippen molar-refractivity contribution < 1.29 is 9.90 Å². The van der Waals surface area contributed by atoms with Crippen LogP contribution in [0.4, 0.5) is 0 Å². The Morgan fingerprint density at radius 1 is 1.33 bits per heavy atom. The van der Waals surface area contributed by atoms with Gasteiger partial charge >= 0.3 is 0 Å². The molecule has 0 aliphatic heterocycles. The van der Waals surface area contributed by atoms with Gasteiger partial charge in [0.2, 0.25) is 0 Å². The molecule has 1 fully saturated rings. The van der Waals surface area contributed by atoms with Gasteiger partial charge in [0.15, 0.2) is 0 Å². The number of carbonyl (C=O) groups is 1. The van der Waals surface area contributed by atoms with E-state index < -0.39 is 6.10 Å². The number of aromatic nitrogens is 2. The minimum absolute atomic E-state index is 0.140. The van der Waals surface area contributed by atoms with Crippen LogP contribution in [0.15, 0.2) is 6.07 Å². The van der Waals surface area contributed by atoms with E-state index in [0.29, 0.717) is 11.3 Å². The molecule has 1 amide bonds. The summed E-state index contributed by atoms with van der Waals surface area (Å²) in [4.78, 5) is 12.1. The number of hydrogen-bond donors (Lipinski definition) is 2. The van der Waals surface area contributed by atoms with Crippen LogP contribution in [0.25, 0.3) is 0 Å². The van der Waals surface area contributed by atoms with E-state index in [1.165, 1.54) is 0 Å². The summed E-state index contributed by atoms with van der Waals surface area (Å²) in [6, 6.07) is 1.59. The van der Waals surface area contributed by atoms with Gasteiger partial charge in [-0.3, -0.25) is 4.79 Å². The van der Waals surface area contributed by atoms with Gasteiger partial charge in [-0.15, -0.1) is 0 Å². The first kappa shape index (κ1) is 13.0. The summed E-state index contributed by atoms with van der Waals surface area (Å²) >= 11 is 0. The molecule has 0 saturated heterocycles. The van der Waals surface area contributed by atoms with Crippen LogP contribution in [0.3, 0.4) is 0 Å². The second-order valence-electron chi connectivity index (χ2n) is 4.92. The van der Waals surface area contributed by atoms with E-state index in [4.69, 9.17) is 0 Å². The number of carbonyl (C=O) groups excluding carboxylic acids is 1. The predicted octanol–water partition coefficient (Wildman–Crippen LogP) is 1.13. The van der Waals surface area contributed by atoms with Crippen molar-refractivity contribution in [1.29, 1.82) is 0 Å². The van der Waals surface area contributed by atoms with Crippen LogP contribution in [-0.4, -0.2) is 33.4 Å². The van der Waals surface area contributed by atoms with Crippen molar-refractivity contribution in [3.63, 3.8) is 0 Å². The third-order valence-electron chi connectivity index (χ3n) is 3.39. The lowest BCUT2D eigenvalue weighted by atomic mass is 9.92. The molecule has 5 heteroatoms. The number of amides is 1. The fourth-order valence-corrected chi connectivity index (χ4v) is 2.31. The van der Waals surface area contributed by atoms with Crippen LogP contribution in [-0.2, 0) is 0 Å². The maximum atomic E-state index is 12.1. The van der Waals surface area contributed by atoms with E-state index in [0.717, 1.165) is 31.4 Å². The first-order chi connectivity index (χ1) is 8.58. The topological polar surface area (TPSA) is 75.1 Å². The van der Waals surface area contributed by atoms with Gasteiger partial charge in [-0.2, -0.15) is 10.2 Å². The first-order valence-electron chi connectivity index (χ1n) is 6.38. The van der Waals surface area contributed by atoms with Crippen molar-refractivity contribution >= 4 is 5.91 Å². The van der Waals surface area contributed by atoms with E-state index in [9.17, 15) is 9.90 Å². The quantitative estimate of drug-likeness (QED) is 0.823. The third-order valence-corrected chi connectivity index (χ3v) is 3.39. The van der Waals surface area contributed by atoms with Crippen molar-refractivity contribution in [2.75, 3.05) is 0 Å². The highest BCUT2D eigenvalue weighted by molar-refractivity contribution is 5.95. The highest BCUT2D eigenvalue weighted by Crippen LogP contribution is 2.19. The SMILES string of the molecule is Cc1cc(C(=O)NC2CCCCC2O)c(C)nn1. The molecule has 5 nitrogen and oxygen atoms in total. The minimum atomic E-state index is -0.432. The van der Waals surface area contributed by atoms with Crippen LogP contribution < -0.4 is 5.32 Å². The molecule has 2 atom stereocenters. The largest absolute Gasteiger partial charge is 0.391 e. The zero-order valence-corrected chi connectivity index (χ0v) is 10.8. The number of nitrogens with zero attached hydrogens (tertiary/aromatic N) is 2. The Balaban J connectivity index is 2.09. The molecule has 0 spiro atoms. The van der Waals surface area contributed by atoms with E-state index in [-0.39, 0.29) is 11.9 Å². The fourth-order valence-electron chi connectivity index (χ4n) is 2.31. The average Bonchev–Trinajstić information content (AvgIpc) is 2.35. The van der Waals surface area contributed by atoms with E-state index in [1.54, 1.807) is 19.9 Å². The summed E-state index contributed by atoms with van der Waals surface area (Å²) in [5, 5.41) is 20.6. The van der Waals surface area contributed by atoms with Gasteiger partial charge < -0.3 is 10.4 Å². The first-order valence-corrected chi connectivity index (χ1v) is 6.38. The van der Waals surface area contributed by atoms with Crippen LogP contribution in [0, 0.1) is 13.8 Å². The van der Waals surface area contributed by atoms with Gasteiger partial charge in [0.05, 0.1) is 29.1 Å². The predicted molar refractivity (Wildman–Crippen MR) is 67.2 cm³/mol. The summed E-state index contributed by atoms with van der Waals surface area (Å²) < 4.78 is 0. The standard InChI is InChI=1S/C13H19N3O2/c1-8-7-10(9(2)16-15-8)13(18)14-11-5-3-4-6-12(11)17/h7,11-12,17H,3-6H2,1-2H3,(H,14,18). The number of rotatable bonds is 2. The molecule has 2 N–H and O–H groups in total. The summed E-state index contributed by atoms with van der Waals surface area (Å²) in [5.41, 5.74) is 1.87. The third kappa shape index (κ3) is 2.85. The molecule has 1 heterocycles. The van der Waals surface area contributed by atoms with Gasteiger partial charge in [-0.25, -0.2) is 0 Å². The lowest BCUT2D eigenvalue weighted by Gasteiger charge is -2.28. The van der Waals surface area contributed by atoms with Crippen LogP contribution in [0.5, 0.6) is 0 Å². The second kappa shape index (κ2) is 5.44. The van der Waals surface area contributed by atoms with Gasteiger partial charge in [0, 0.05) is 0 Å². The second-order valence-corrected chi connectivity index (χ2v) is 4.92. The Kier molecular flexibility index (Phi) is 3.91. The Morgan fingerprint density at radius 2 is 2.06 bits per heavy atom. The smallest absolute Gasteiger partial charge is 0.253 e. The van der Waals surface area contributed by atoms with E-state index in [2.05, 4.69) is 15.5 Å². The maximum absolute atomic E-state index is 12.1. The Hall–Kier alpha value is -1.49. The van der Waals surface area contributed by atoms with Crippen molar-refractivity contribution in [3.05, 3.63) is 23.0 Å². The molecule has 98 valence electrons. The lowest BCUT2D eigenvalue weighted by molar-refractivity contribution is 0.0716. The highest BCUT2D eigenvalue weighted by atomic mass is 16.3. The molecule has 1 aromatic rings. The summed E-state index contributed by atoms with van der Waals surface area (Å²) in [7, 11) is 0. The molecule has 0 bridgehead atoms.